The molecule has 1 aromatic carbocycles. The highest BCUT2D eigenvalue weighted by Gasteiger charge is 2.33. The topological polar surface area (TPSA) is 108 Å². The van der Waals surface area contributed by atoms with Gasteiger partial charge in [-0.3, -0.25) is 10.2 Å². The van der Waals surface area contributed by atoms with E-state index in [0.717, 1.165) is 10.1 Å². The third kappa shape index (κ3) is 3.62. The van der Waals surface area contributed by atoms with Crippen molar-refractivity contribution in [1.29, 1.82) is 0 Å². The molecule has 31 heavy (non-hydrogen) atoms. The fourth-order valence-corrected chi connectivity index (χ4v) is 6.67. The fraction of sp³-hybridized carbons (Fsp3) is 0.300. The van der Waals surface area contributed by atoms with Crippen LogP contribution in [0.15, 0.2) is 32.9 Å². The highest BCUT2D eigenvalue weighted by Crippen LogP contribution is 2.32. The number of hydrogen-bond donors (Lipinski definition) is 2. The van der Waals surface area contributed by atoms with Gasteiger partial charge in [0.25, 0.3) is 15.9 Å². The van der Waals surface area contributed by atoms with E-state index in [4.69, 9.17) is 10.8 Å². The number of hydrogen-bond acceptors (Lipinski definition) is 8. The van der Waals surface area contributed by atoms with E-state index < -0.39 is 10.0 Å². The minimum atomic E-state index is -3.65. The number of rotatable bonds is 3. The Morgan fingerprint density at radius 2 is 1.94 bits per heavy atom. The molecule has 2 aliphatic heterocycles. The summed E-state index contributed by atoms with van der Waals surface area (Å²) < 4.78 is 34.4. The predicted octanol–water partition coefficient (Wildman–Crippen LogP) is 1.13. The number of carbonyl (C=O) groups excluding carboxylic acids is 1. The molecule has 0 aliphatic carbocycles. The van der Waals surface area contributed by atoms with Crippen LogP contribution in [0.2, 0.25) is 0 Å². The van der Waals surface area contributed by atoms with Crippen molar-refractivity contribution in [2.24, 2.45) is 0 Å². The number of benzene rings is 1. The SMILES string of the molecule is C#Cc1ccc2cc(S(=O)(=O)N3CCN(C(=O)c4nc5c(o4)CNNC5)CC3)sc2c1. The van der Waals surface area contributed by atoms with Gasteiger partial charge in [0.15, 0.2) is 0 Å². The van der Waals surface area contributed by atoms with Crippen LogP contribution in [0.4, 0.5) is 0 Å². The Kier molecular flexibility index (Phi) is 5.04. The van der Waals surface area contributed by atoms with Crippen LogP contribution < -0.4 is 10.9 Å². The minimum absolute atomic E-state index is 0.0423. The van der Waals surface area contributed by atoms with E-state index >= 15 is 0 Å². The standard InChI is InChI=1S/C20H19N5O4S2/c1-2-13-3-4-14-10-18(30-17(14)9-13)31(27,28)25-7-5-24(6-8-25)20(26)19-23-15-11-21-22-12-16(15)29-19/h1,3-4,9-10,21-22H,5-8,11-12H2. The Bertz CT molecular complexity index is 1290. The molecular weight excluding hydrogens is 438 g/mol. The number of hydrazine groups is 1. The molecule has 1 saturated heterocycles. The van der Waals surface area contributed by atoms with Gasteiger partial charge in [-0.1, -0.05) is 12.0 Å². The first-order valence-corrected chi connectivity index (χ1v) is 12.0. The first-order valence-electron chi connectivity index (χ1n) is 9.69. The molecular formula is C20H19N5O4S2. The number of terminal acetylenes is 1. The molecule has 0 radical (unpaired) electrons. The van der Waals surface area contributed by atoms with Crippen molar-refractivity contribution in [1.82, 2.24) is 25.0 Å². The average Bonchev–Trinajstić information content (AvgIpc) is 3.42. The van der Waals surface area contributed by atoms with Gasteiger partial charge in [0.05, 0.1) is 18.8 Å². The molecule has 11 heteroatoms. The lowest BCUT2D eigenvalue weighted by Crippen LogP contribution is -2.50. The van der Waals surface area contributed by atoms with Crippen molar-refractivity contribution < 1.29 is 17.6 Å². The van der Waals surface area contributed by atoms with Crippen LogP contribution >= 0.6 is 11.3 Å². The molecule has 0 atom stereocenters. The summed E-state index contributed by atoms with van der Waals surface area (Å²) in [6.07, 6.45) is 5.44. The van der Waals surface area contributed by atoms with Crippen LogP contribution in [0.5, 0.6) is 0 Å². The number of nitrogens with zero attached hydrogens (tertiary/aromatic N) is 3. The summed E-state index contributed by atoms with van der Waals surface area (Å²) in [6, 6.07) is 7.11. The summed E-state index contributed by atoms with van der Waals surface area (Å²) in [5.74, 6) is 2.92. The van der Waals surface area contributed by atoms with E-state index in [1.807, 2.05) is 12.1 Å². The largest absolute Gasteiger partial charge is 0.436 e. The zero-order valence-electron chi connectivity index (χ0n) is 16.4. The van der Waals surface area contributed by atoms with Crippen molar-refractivity contribution in [2.75, 3.05) is 26.2 Å². The van der Waals surface area contributed by atoms with Gasteiger partial charge in [-0.15, -0.1) is 17.8 Å². The second kappa shape index (κ2) is 7.74. The van der Waals surface area contributed by atoms with E-state index in [1.165, 1.54) is 15.6 Å². The monoisotopic (exact) mass is 457 g/mol. The molecule has 5 rings (SSSR count). The van der Waals surface area contributed by atoms with Gasteiger partial charge in [-0.05, 0) is 23.6 Å². The second-order valence-electron chi connectivity index (χ2n) is 7.25. The predicted molar refractivity (Wildman–Crippen MR) is 115 cm³/mol. The normalized spacial score (nSPS) is 17.5. The third-order valence-corrected chi connectivity index (χ3v) is 8.82. The smallest absolute Gasteiger partial charge is 0.309 e. The van der Waals surface area contributed by atoms with E-state index in [9.17, 15) is 13.2 Å². The van der Waals surface area contributed by atoms with Crippen molar-refractivity contribution in [3.63, 3.8) is 0 Å². The zero-order valence-corrected chi connectivity index (χ0v) is 18.1. The van der Waals surface area contributed by atoms with Crippen molar-refractivity contribution in [3.05, 3.63) is 47.2 Å². The maximum Gasteiger partial charge on any atom is 0.309 e. The molecule has 0 unspecified atom stereocenters. The molecule has 9 nitrogen and oxygen atoms in total. The summed E-state index contributed by atoms with van der Waals surface area (Å²) in [6.45, 7) is 1.90. The van der Waals surface area contributed by atoms with Gasteiger partial charge in [-0.2, -0.15) is 4.31 Å². The number of fused-ring (bicyclic) bond motifs is 2. The maximum atomic E-state index is 13.1. The third-order valence-electron chi connectivity index (χ3n) is 5.38. The molecule has 2 N–H and O–H groups in total. The first kappa shape index (κ1) is 20.2. The fourth-order valence-electron chi connectivity index (χ4n) is 3.66. The zero-order chi connectivity index (χ0) is 21.6. The van der Waals surface area contributed by atoms with Crippen molar-refractivity contribution >= 4 is 37.4 Å². The Balaban J connectivity index is 1.30. The van der Waals surface area contributed by atoms with Crippen molar-refractivity contribution in [3.8, 4) is 12.3 Å². The Hall–Kier alpha value is -2.75. The number of piperazine rings is 1. The molecule has 0 spiro atoms. The number of aromatic nitrogens is 1. The number of sulfonamides is 1. The Labute approximate surface area is 183 Å². The number of carbonyl (C=O) groups is 1. The molecule has 3 aromatic rings. The number of amides is 1. The molecule has 0 saturated carbocycles. The van der Waals surface area contributed by atoms with Gasteiger partial charge in [0.2, 0.25) is 0 Å². The summed E-state index contributed by atoms with van der Waals surface area (Å²) in [5, 5.41) is 0.841. The van der Waals surface area contributed by atoms with E-state index in [0.29, 0.717) is 30.1 Å². The minimum Gasteiger partial charge on any atom is -0.436 e. The lowest BCUT2D eigenvalue weighted by molar-refractivity contribution is 0.0656. The van der Waals surface area contributed by atoms with Gasteiger partial charge < -0.3 is 9.32 Å². The van der Waals surface area contributed by atoms with Gasteiger partial charge in [0.1, 0.15) is 9.97 Å². The summed E-state index contributed by atoms with van der Waals surface area (Å²) in [7, 11) is -3.65. The van der Waals surface area contributed by atoms with Crippen LogP contribution in [-0.4, -0.2) is 54.7 Å². The molecule has 160 valence electrons. The first-order chi connectivity index (χ1) is 15.0. The summed E-state index contributed by atoms with van der Waals surface area (Å²) in [5.41, 5.74) is 7.31. The summed E-state index contributed by atoms with van der Waals surface area (Å²) >= 11 is 1.20. The molecule has 4 heterocycles. The highest BCUT2D eigenvalue weighted by molar-refractivity contribution is 7.91. The van der Waals surface area contributed by atoms with Crippen LogP contribution in [0, 0.1) is 12.3 Å². The number of nitrogens with one attached hydrogen (secondary N) is 2. The van der Waals surface area contributed by atoms with Crippen LogP contribution in [-0.2, 0) is 23.1 Å². The molecule has 0 bridgehead atoms. The second-order valence-corrected chi connectivity index (χ2v) is 10.5. The quantitative estimate of drug-likeness (QED) is 0.568. The molecule has 2 aromatic heterocycles. The van der Waals surface area contributed by atoms with Crippen LogP contribution in [0.1, 0.15) is 27.7 Å². The Morgan fingerprint density at radius 3 is 2.68 bits per heavy atom. The van der Waals surface area contributed by atoms with Crippen LogP contribution in [0.3, 0.4) is 0 Å². The molecule has 1 fully saturated rings. The molecule has 2 aliphatic rings. The Morgan fingerprint density at radius 1 is 1.16 bits per heavy atom. The summed E-state index contributed by atoms with van der Waals surface area (Å²) in [4.78, 5) is 18.6. The van der Waals surface area contributed by atoms with E-state index in [2.05, 4.69) is 21.8 Å². The van der Waals surface area contributed by atoms with E-state index in [1.54, 1.807) is 17.0 Å². The lowest BCUT2D eigenvalue weighted by Gasteiger charge is -2.32. The van der Waals surface area contributed by atoms with Crippen molar-refractivity contribution in [2.45, 2.75) is 17.3 Å². The number of oxazole rings is 1. The van der Waals surface area contributed by atoms with Gasteiger partial charge in [-0.25, -0.2) is 18.8 Å². The maximum absolute atomic E-state index is 13.1. The molecule has 1 amide bonds. The van der Waals surface area contributed by atoms with Gasteiger partial charge >= 0.3 is 5.91 Å². The lowest BCUT2D eigenvalue weighted by atomic mass is 10.2. The van der Waals surface area contributed by atoms with Gasteiger partial charge in [0, 0.05) is 36.4 Å². The average molecular weight is 458 g/mol. The number of thiophene rings is 1. The van der Waals surface area contributed by atoms with E-state index in [-0.39, 0.29) is 42.2 Å². The highest BCUT2D eigenvalue weighted by atomic mass is 32.2. The van der Waals surface area contributed by atoms with Crippen LogP contribution in [0.25, 0.3) is 10.1 Å².